The fourth-order valence-electron chi connectivity index (χ4n) is 2.78. The molecule has 2 atom stereocenters. The predicted octanol–water partition coefficient (Wildman–Crippen LogP) is 2.33. The smallest absolute Gasteiger partial charge is 0.0720 e. The average Bonchev–Trinajstić information content (AvgIpc) is 2.24. The van der Waals surface area contributed by atoms with E-state index in [1.807, 2.05) is 6.08 Å². The normalized spacial score (nSPS) is 36.9. The van der Waals surface area contributed by atoms with Crippen molar-refractivity contribution < 1.29 is 5.11 Å². The van der Waals surface area contributed by atoms with E-state index in [9.17, 15) is 5.11 Å². The molecule has 0 spiro atoms. The van der Waals surface area contributed by atoms with Crippen LogP contribution in [0.25, 0.3) is 0 Å². The third-order valence-corrected chi connectivity index (χ3v) is 3.71. The van der Waals surface area contributed by atoms with E-state index in [0.29, 0.717) is 0 Å². The van der Waals surface area contributed by atoms with E-state index in [1.165, 1.54) is 45.2 Å². The molecular weight excluding hydrogens is 186 g/mol. The molecule has 2 nitrogen and oxygen atoms in total. The molecule has 1 aliphatic heterocycles. The quantitative estimate of drug-likeness (QED) is 0.670. The zero-order chi connectivity index (χ0) is 10.5. The van der Waals surface area contributed by atoms with Crippen LogP contribution in [0.5, 0.6) is 0 Å². The number of hydrogen-bond acceptors (Lipinski definition) is 2. The lowest BCUT2D eigenvalue weighted by Gasteiger charge is -2.35. The van der Waals surface area contributed by atoms with Gasteiger partial charge in [0, 0.05) is 6.04 Å². The van der Waals surface area contributed by atoms with E-state index in [-0.39, 0.29) is 6.10 Å². The molecule has 0 aromatic rings. The average molecular weight is 209 g/mol. The lowest BCUT2D eigenvalue weighted by atomic mass is 9.97. The fourth-order valence-corrected chi connectivity index (χ4v) is 2.78. The Hall–Kier alpha value is -0.340. The van der Waals surface area contributed by atoms with Crippen LogP contribution in [0.4, 0.5) is 0 Å². The fraction of sp³-hybridized carbons (Fsp3) is 0.846. The van der Waals surface area contributed by atoms with Crippen molar-refractivity contribution in [2.24, 2.45) is 0 Å². The zero-order valence-electron chi connectivity index (χ0n) is 9.57. The third-order valence-electron chi connectivity index (χ3n) is 3.71. The Morgan fingerprint density at radius 2 is 1.80 bits per heavy atom. The molecule has 2 heteroatoms. The lowest BCUT2D eigenvalue weighted by molar-refractivity contribution is 0.141. The van der Waals surface area contributed by atoms with Gasteiger partial charge >= 0.3 is 0 Å². The first-order valence-electron chi connectivity index (χ1n) is 6.45. The summed E-state index contributed by atoms with van der Waals surface area (Å²) in [6.07, 6.45) is 12.7. The molecule has 1 saturated heterocycles. The summed E-state index contributed by atoms with van der Waals surface area (Å²) in [4.78, 5) is 2.66. The van der Waals surface area contributed by atoms with Crippen LogP contribution in [0.15, 0.2) is 12.2 Å². The van der Waals surface area contributed by atoms with Crippen LogP contribution >= 0.6 is 0 Å². The van der Waals surface area contributed by atoms with Gasteiger partial charge in [-0.1, -0.05) is 18.6 Å². The van der Waals surface area contributed by atoms with Gasteiger partial charge in [0.05, 0.1) is 6.10 Å². The summed E-state index contributed by atoms with van der Waals surface area (Å²) in [7, 11) is 0. The van der Waals surface area contributed by atoms with Crippen LogP contribution in [0, 0.1) is 0 Å². The largest absolute Gasteiger partial charge is 0.389 e. The maximum Gasteiger partial charge on any atom is 0.0720 e. The number of aliphatic hydroxyl groups excluding tert-OH is 1. The molecule has 15 heavy (non-hydrogen) atoms. The summed E-state index contributed by atoms with van der Waals surface area (Å²) in [5.41, 5.74) is 0. The first kappa shape index (κ1) is 11.2. The van der Waals surface area contributed by atoms with Crippen molar-refractivity contribution in [2.45, 2.75) is 57.1 Å². The molecule has 1 heterocycles. The Labute approximate surface area is 93.0 Å². The minimum atomic E-state index is -0.188. The zero-order valence-corrected chi connectivity index (χ0v) is 9.57. The molecule has 2 aliphatic rings. The number of hydrogen-bond donors (Lipinski definition) is 1. The molecule has 1 unspecified atom stereocenters. The molecule has 0 aromatic heterocycles. The van der Waals surface area contributed by atoms with E-state index >= 15 is 0 Å². The first-order chi connectivity index (χ1) is 7.36. The summed E-state index contributed by atoms with van der Waals surface area (Å²) in [6.45, 7) is 2.59. The molecule has 0 bridgehead atoms. The van der Waals surface area contributed by atoms with E-state index in [2.05, 4.69) is 11.0 Å². The van der Waals surface area contributed by atoms with Gasteiger partial charge in [0.15, 0.2) is 0 Å². The van der Waals surface area contributed by atoms with Crippen LogP contribution in [-0.2, 0) is 0 Å². The standard InChI is InChI=1S/C13H23NO/c15-13-8-4-6-12(7-5-9-13)14-10-2-1-3-11-14/h4,8,12-13,15H,1-3,5-7,9-11H2/b8-4+/t12?,13-/m0/s1. The van der Waals surface area contributed by atoms with Gasteiger partial charge in [-0.05, 0) is 51.6 Å². The monoisotopic (exact) mass is 209 g/mol. The summed E-state index contributed by atoms with van der Waals surface area (Å²) in [6, 6.07) is 0.744. The third kappa shape index (κ3) is 3.32. The highest BCUT2D eigenvalue weighted by atomic mass is 16.3. The Morgan fingerprint density at radius 3 is 2.60 bits per heavy atom. The second-order valence-electron chi connectivity index (χ2n) is 4.91. The van der Waals surface area contributed by atoms with Crippen molar-refractivity contribution in [1.29, 1.82) is 0 Å². The predicted molar refractivity (Wildman–Crippen MR) is 62.8 cm³/mol. The van der Waals surface area contributed by atoms with Crippen LogP contribution < -0.4 is 0 Å². The molecule has 0 amide bonds. The number of aliphatic hydroxyl groups is 1. The van der Waals surface area contributed by atoms with Gasteiger partial charge in [0.1, 0.15) is 0 Å². The van der Waals surface area contributed by atoms with Crippen molar-refractivity contribution in [1.82, 2.24) is 4.90 Å². The maximum absolute atomic E-state index is 9.51. The van der Waals surface area contributed by atoms with Gasteiger partial charge in [0.25, 0.3) is 0 Å². The molecule has 0 saturated carbocycles. The molecule has 1 N–H and O–H groups in total. The van der Waals surface area contributed by atoms with Gasteiger partial charge in [-0.3, -0.25) is 0 Å². The highest BCUT2D eigenvalue weighted by Gasteiger charge is 2.20. The van der Waals surface area contributed by atoms with Gasteiger partial charge in [0.2, 0.25) is 0 Å². The minimum Gasteiger partial charge on any atom is -0.389 e. The van der Waals surface area contributed by atoms with Gasteiger partial charge in [-0.15, -0.1) is 0 Å². The van der Waals surface area contributed by atoms with Crippen LogP contribution in [0.2, 0.25) is 0 Å². The molecule has 0 aromatic carbocycles. The number of piperidine rings is 1. The summed E-state index contributed by atoms with van der Waals surface area (Å²) in [5, 5.41) is 9.51. The van der Waals surface area contributed by atoms with Gasteiger partial charge in [-0.2, -0.15) is 0 Å². The summed E-state index contributed by atoms with van der Waals surface area (Å²) >= 11 is 0. The molecule has 1 fully saturated rings. The maximum atomic E-state index is 9.51. The van der Waals surface area contributed by atoms with Crippen molar-refractivity contribution in [3.8, 4) is 0 Å². The van der Waals surface area contributed by atoms with Crippen molar-refractivity contribution in [2.75, 3.05) is 13.1 Å². The summed E-state index contributed by atoms with van der Waals surface area (Å²) in [5.74, 6) is 0. The molecule has 2 rings (SSSR count). The minimum absolute atomic E-state index is 0.188. The second-order valence-corrected chi connectivity index (χ2v) is 4.91. The van der Waals surface area contributed by atoms with Crippen molar-refractivity contribution in [3.05, 3.63) is 12.2 Å². The van der Waals surface area contributed by atoms with Gasteiger partial charge in [-0.25, -0.2) is 0 Å². The second kappa shape index (κ2) is 5.66. The van der Waals surface area contributed by atoms with Crippen molar-refractivity contribution >= 4 is 0 Å². The van der Waals surface area contributed by atoms with Crippen LogP contribution in [0.3, 0.4) is 0 Å². The molecule has 0 radical (unpaired) electrons. The highest BCUT2D eigenvalue weighted by molar-refractivity contribution is 4.94. The van der Waals surface area contributed by atoms with E-state index in [1.54, 1.807) is 0 Å². The van der Waals surface area contributed by atoms with Crippen molar-refractivity contribution in [3.63, 3.8) is 0 Å². The van der Waals surface area contributed by atoms with Crippen LogP contribution in [0.1, 0.15) is 44.9 Å². The number of rotatable bonds is 1. The Balaban J connectivity index is 1.87. The molecule has 1 aliphatic carbocycles. The first-order valence-corrected chi connectivity index (χ1v) is 6.45. The lowest BCUT2D eigenvalue weighted by Crippen LogP contribution is -2.39. The van der Waals surface area contributed by atoms with E-state index in [4.69, 9.17) is 0 Å². The topological polar surface area (TPSA) is 23.5 Å². The van der Waals surface area contributed by atoms with Gasteiger partial charge < -0.3 is 10.0 Å². The number of nitrogens with zero attached hydrogens (tertiary/aromatic N) is 1. The van der Waals surface area contributed by atoms with E-state index in [0.717, 1.165) is 18.9 Å². The molecular formula is C13H23NO. The Morgan fingerprint density at radius 1 is 1.00 bits per heavy atom. The molecule has 86 valence electrons. The Bertz CT molecular complexity index is 209. The Kier molecular flexibility index (Phi) is 4.21. The van der Waals surface area contributed by atoms with Crippen LogP contribution in [-0.4, -0.2) is 35.2 Å². The highest BCUT2D eigenvalue weighted by Crippen LogP contribution is 2.21. The summed E-state index contributed by atoms with van der Waals surface area (Å²) < 4.78 is 0. The SMILES string of the molecule is O[C@H]1/C=C/CC(N2CCCCC2)CCC1. The van der Waals surface area contributed by atoms with E-state index < -0.39 is 0 Å². The number of likely N-dealkylation sites (tertiary alicyclic amines) is 1.